The molecule has 0 bridgehead atoms. The quantitative estimate of drug-likeness (QED) is 0.761. The second-order valence-electron chi connectivity index (χ2n) is 5.92. The molecule has 0 fully saturated rings. The second kappa shape index (κ2) is 9.47. The maximum Gasteiger partial charge on any atom is 0.341 e. The van der Waals surface area contributed by atoms with Crippen LogP contribution in [0.3, 0.4) is 0 Å². The van der Waals surface area contributed by atoms with Gasteiger partial charge in [0.05, 0.1) is 0 Å². The van der Waals surface area contributed by atoms with E-state index in [1.807, 2.05) is 30.3 Å². The first-order valence-corrected chi connectivity index (χ1v) is 8.26. The highest BCUT2D eigenvalue weighted by Crippen LogP contribution is 2.14. The number of carbonyl (C=O) groups excluding carboxylic acids is 1. The number of amides is 1. The fourth-order valence-corrected chi connectivity index (χ4v) is 2.48. The van der Waals surface area contributed by atoms with Gasteiger partial charge in [-0.1, -0.05) is 42.5 Å². The lowest BCUT2D eigenvalue weighted by Crippen LogP contribution is -2.25. The van der Waals surface area contributed by atoms with Gasteiger partial charge in [-0.25, -0.2) is 4.79 Å². The number of hydrogen-bond acceptors (Lipinski definition) is 3. The lowest BCUT2D eigenvalue weighted by Gasteiger charge is -2.17. The van der Waals surface area contributed by atoms with Gasteiger partial charge in [-0.2, -0.15) is 0 Å². The maximum atomic E-state index is 12.2. The molecule has 0 saturated heterocycles. The molecule has 0 aromatic heterocycles. The summed E-state index contributed by atoms with van der Waals surface area (Å²) in [5, 5.41) is 8.58. The largest absolute Gasteiger partial charge is 0.482 e. The zero-order valence-electron chi connectivity index (χ0n) is 14.4. The minimum atomic E-state index is -1.01. The Balaban J connectivity index is 1.75. The molecule has 1 N–H and O–H groups in total. The van der Waals surface area contributed by atoms with Gasteiger partial charge in [-0.3, -0.25) is 4.79 Å². The summed E-state index contributed by atoms with van der Waals surface area (Å²) in [6.07, 6.45) is 2.25. The Morgan fingerprint density at radius 2 is 1.68 bits per heavy atom. The Bertz CT molecular complexity index is 683. The molecule has 0 atom stereocenters. The van der Waals surface area contributed by atoms with Crippen molar-refractivity contribution in [2.75, 3.05) is 13.7 Å². The summed E-state index contributed by atoms with van der Waals surface area (Å²) in [5.41, 5.74) is 2.22. The minimum absolute atomic E-state index is 0.113. The molecule has 25 heavy (non-hydrogen) atoms. The number of aryl methyl sites for hydroxylation is 1. The Labute approximate surface area is 147 Å². The van der Waals surface area contributed by atoms with Gasteiger partial charge in [0.2, 0.25) is 5.91 Å². The topological polar surface area (TPSA) is 66.8 Å². The number of hydrogen-bond donors (Lipinski definition) is 1. The van der Waals surface area contributed by atoms with Gasteiger partial charge < -0.3 is 14.7 Å². The summed E-state index contributed by atoms with van der Waals surface area (Å²) in [6, 6.07) is 17.2. The molecular formula is C20H23NO4. The van der Waals surface area contributed by atoms with Gasteiger partial charge in [0.1, 0.15) is 5.75 Å². The Kier molecular flexibility index (Phi) is 7.01. The molecule has 0 aliphatic rings. The average Bonchev–Trinajstić information content (AvgIpc) is 2.62. The number of nitrogens with zero attached hydrogens (tertiary/aromatic N) is 1. The van der Waals surface area contributed by atoms with E-state index in [0.29, 0.717) is 18.7 Å². The van der Waals surface area contributed by atoms with Crippen molar-refractivity contribution in [3.8, 4) is 5.75 Å². The van der Waals surface area contributed by atoms with Crippen LogP contribution in [0.15, 0.2) is 54.6 Å². The molecule has 5 heteroatoms. The summed E-state index contributed by atoms with van der Waals surface area (Å²) in [7, 11) is 1.79. The van der Waals surface area contributed by atoms with Crippen LogP contribution in [0.5, 0.6) is 5.75 Å². The SMILES string of the molecule is CN(Cc1ccc(OCC(=O)O)cc1)C(=O)CCCc1ccccc1. The van der Waals surface area contributed by atoms with Gasteiger partial charge in [0.15, 0.2) is 6.61 Å². The molecule has 0 aliphatic heterocycles. The zero-order valence-corrected chi connectivity index (χ0v) is 14.4. The number of ether oxygens (including phenoxy) is 1. The molecule has 0 heterocycles. The van der Waals surface area contributed by atoms with Crippen LogP contribution in [-0.2, 0) is 22.6 Å². The van der Waals surface area contributed by atoms with Crippen LogP contribution in [0.2, 0.25) is 0 Å². The molecular weight excluding hydrogens is 318 g/mol. The molecule has 0 saturated carbocycles. The molecule has 0 aliphatic carbocycles. The number of carboxylic acid groups (broad SMARTS) is 1. The van der Waals surface area contributed by atoms with Crippen molar-refractivity contribution in [2.24, 2.45) is 0 Å². The number of aliphatic carboxylic acids is 1. The van der Waals surface area contributed by atoms with E-state index in [4.69, 9.17) is 9.84 Å². The van der Waals surface area contributed by atoms with E-state index in [1.54, 1.807) is 24.1 Å². The van der Waals surface area contributed by atoms with Crippen LogP contribution in [0, 0.1) is 0 Å². The lowest BCUT2D eigenvalue weighted by molar-refractivity contribution is -0.139. The van der Waals surface area contributed by atoms with Crippen LogP contribution < -0.4 is 4.74 Å². The molecule has 0 radical (unpaired) electrons. The summed E-state index contributed by atoms with van der Waals surface area (Å²) in [6.45, 7) is 0.155. The van der Waals surface area contributed by atoms with E-state index in [9.17, 15) is 9.59 Å². The molecule has 2 aromatic rings. The third kappa shape index (κ3) is 6.67. The molecule has 1 amide bonds. The highest BCUT2D eigenvalue weighted by atomic mass is 16.5. The highest BCUT2D eigenvalue weighted by Gasteiger charge is 2.09. The third-order valence-electron chi connectivity index (χ3n) is 3.83. The summed E-state index contributed by atoms with van der Waals surface area (Å²) >= 11 is 0. The van der Waals surface area contributed by atoms with Crippen molar-refractivity contribution in [3.63, 3.8) is 0 Å². The van der Waals surface area contributed by atoms with E-state index < -0.39 is 5.97 Å². The minimum Gasteiger partial charge on any atom is -0.482 e. The number of benzene rings is 2. The Morgan fingerprint density at radius 3 is 2.32 bits per heavy atom. The summed E-state index contributed by atoms with van der Waals surface area (Å²) in [4.78, 5) is 24.4. The average molecular weight is 341 g/mol. The van der Waals surface area contributed by atoms with Crippen molar-refractivity contribution < 1.29 is 19.4 Å². The van der Waals surface area contributed by atoms with Crippen molar-refractivity contribution >= 4 is 11.9 Å². The monoisotopic (exact) mass is 341 g/mol. The summed E-state index contributed by atoms with van der Waals surface area (Å²) < 4.78 is 5.09. The van der Waals surface area contributed by atoms with Crippen molar-refractivity contribution in [1.82, 2.24) is 4.90 Å². The van der Waals surface area contributed by atoms with E-state index in [2.05, 4.69) is 12.1 Å². The summed E-state index contributed by atoms with van der Waals surface area (Å²) in [5.74, 6) is -0.393. The molecule has 2 rings (SSSR count). The van der Waals surface area contributed by atoms with E-state index in [-0.39, 0.29) is 12.5 Å². The van der Waals surface area contributed by atoms with Gasteiger partial charge in [-0.15, -0.1) is 0 Å². The van der Waals surface area contributed by atoms with Crippen LogP contribution in [0.4, 0.5) is 0 Å². The van der Waals surface area contributed by atoms with Crippen LogP contribution in [0.1, 0.15) is 24.0 Å². The predicted octanol–water partition coefficient (Wildman–Crippen LogP) is 3.13. The fraction of sp³-hybridized carbons (Fsp3) is 0.300. The highest BCUT2D eigenvalue weighted by molar-refractivity contribution is 5.75. The van der Waals surface area contributed by atoms with Gasteiger partial charge in [0.25, 0.3) is 0 Å². The third-order valence-corrected chi connectivity index (χ3v) is 3.83. The number of carbonyl (C=O) groups is 2. The second-order valence-corrected chi connectivity index (χ2v) is 5.92. The van der Waals surface area contributed by atoms with Crippen LogP contribution >= 0.6 is 0 Å². The fourth-order valence-electron chi connectivity index (χ4n) is 2.48. The first-order valence-electron chi connectivity index (χ1n) is 8.26. The molecule has 132 valence electrons. The van der Waals surface area contributed by atoms with Crippen molar-refractivity contribution in [3.05, 3.63) is 65.7 Å². The molecule has 5 nitrogen and oxygen atoms in total. The van der Waals surface area contributed by atoms with Crippen LogP contribution in [-0.4, -0.2) is 35.5 Å². The predicted molar refractivity (Wildman–Crippen MR) is 95.4 cm³/mol. The molecule has 2 aromatic carbocycles. The normalized spacial score (nSPS) is 10.3. The van der Waals surface area contributed by atoms with Gasteiger partial charge in [-0.05, 0) is 36.1 Å². The maximum absolute atomic E-state index is 12.2. The van der Waals surface area contributed by atoms with E-state index >= 15 is 0 Å². The van der Waals surface area contributed by atoms with Gasteiger partial charge >= 0.3 is 5.97 Å². The molecule has 0 spiro atoms. The van der Waals surface area contributed by atoms with E-state index in [0.717, 1.165) is 18.4 Å². The Morgan fingerprint density at radius 1 is 1.00 bits per heavy atom. The number of rotatable bonds is 9. The standard InChI is InChI=1S/C20H23NO4/c1-21(19(22)9-5-8-16-6-3-2-4-7-16)14-17-10-12-18(13-11-17)25-15-20(23)24/h2-4,6-7,10-13H,5,8-9,14-15H2,1H3,(H,23,24). The smallest absolute Gasteiger partial charge is 0.341 e. The number of carboxylic acids is 1. The lowest BCUT2D eigenvalue weighted by atomic mass is 10.1. The van der Waals surface area contributed by atoms with Crippen LogP contribution in [0.25, 0.3) is 0 Å². The first kappa shape index (κ1) is 18.5. The van der Waals surface area contributed by atoms with Crippen molar-refractivity contribution in [1.29, 1.82) is 0 Å². The Hall–Kier alpha value is -2.82. The van der Waals surface area contributed by atoms with E-state index in [1.165, 1.54) is 5.56 Å². The first-order chi connectivity index (χ1) is 12.0. The van der Waals surface area contributed by atoms with Crippen molar-refractivity contribution in [2.45, 2.75) is 25.8 Å². The molecule has 0 unspecified atom stereocenters. The zero-order chi connectivity index (χ0) is 18.1. The van der Waals surface area contributed by atoms with Gasteiger partial charge in [0, 0.05) is 20.0 Å².